The summed E-state index contributed by atoms with van der Waals surface area (Å²) >= 11 is 7.08. The Balaban J connectivity index is 2.13. The number of halogens is 8. The van der Waals surface area contributed by atoms with Crippen molar-refractivity contribution in [3.63, 3.8) is 0 Å². The monoisotopic (exact) mass is 631 g/mol. The fourth-order valence-electron chi connectivity index (χ4n) is 3.11. The van der Waals surface area contributed by atoms with Crippen molar-refractivity contribution in [1.82, 2.24) is 5.32 Å². The van der Waals surface area contributed by atoms with Crippen LogP contribution in [0.5, 0.6) is 0 Å². The van der Waals surface area contributed by atoms with Crippen LogP contribution in [0, 0.1) is 6.92 Å². The number of amides is 1. The van der Waals surface area contributed by atoms with Gasteiger partial charge in [-0.2, -0.15) is 38.1 Å². The van der Waals surface area contributed by atoms with Crippen molar-refractivity contribution in [3.05, 3.63) is 73.7 Å². The van der Waals surface area contributed by atoms with Gasteiger partial charge in [-0.25, -0.2) is 0 Å². The van der Waals surface area contributed by atoms with Crippen LogP contribution in [0.15, 0.2) is 51.4 Å². The van der Waals surface area contributed by atoms with Gasteiger partial charge in [0.25, 0.3) is 5.91 Å². The lowest BCUT2D eigenvalue weighted by Gasteiger charge is -2.18. The minimum Gasteiger partial charge on any atom is -0.349 e. The summed E-state index contributed by atoms with van der Waals surface area (Å²) in [7, 11) is 0. The highest BCUT2D eigenvalue weighted by atomic mass is 79.9. The quantitative estimate of drug-likeness (QED) is 0.297. The van der Waals surface area contributed by atoms with E-state index in [4.69, 9.17) is 0 Å². The fourth-order valence-corrected chi connectivity index (χ4v) is 5.23. The van der Waals surface area contributed by atoms with E-state index in [9.17, 15) is 31.1 Å². The Labute approximate surface area is 214 Å². The van der Waals surface area contributed by atoms with Crippen molar-refractivity contribution >= 4 is 55.6 Å². The molecule has 0 spiro atoms. The summed E-state index contributed by atoms with van der Waals surface area (Å²) in [5, 5.41) is 2.64. The minimum absolute atomic E-state index is 0.0649. The van der Waals surface area contributed by atoms with Gasteiger partial charge in [0.05, 0.1) is 11.7 Å². The Morgan fingerprint density at radius 2 is 1.68 bits per heavy atom. The summed E-state index contributed by atoms with van der Waals surface area (Å²) in [6.45, 7) is 3.24. The zero-order valence-corrected chi connectivity index (χ0v) is 22.0. The summed E-state index contributed by atoms with van der Waals surface area (Å²) in [4.78, 5) is 12.5. The van der Waals surface area contributed by atoms with E-state index in [1.807, 2.05) is 0 Å². The van der Waals surface area contributed by atoms with Crippen LogP contribution in [0.25, 0.3) is 6.08 Å². The molecule has 0 fully saturated rings. The van der Waals surface area contributed by atoms with Crippen LogP contribution in [0.3, 0.4) is 0 Å². The maximum Gasteiger partial charge on any atom is 0.399 e. The maximum absolute atomic E-state index is 13.7. The van der Waals surface area contributed by atoms with Crippen LogP contribution in [-0.4, -0.2) is 35.8 Å². The number of allylic oxidation sites excluding steroid dienone is 1. The highest BCUT2D eigenvalue weighted by Gasteiger charge is 2.39. The number of carbonyl (C=O) groups is 1. The van der Waals surface area contributed by atoms with Gasteiger partial charge in [-0.05, 0) is 54.8 Å². The lowest BCUT2D eigenvalue weighted by molar-refractivity contribution is -0.139. The highest BCUT2D eigenvalue weighted by molar-refractivity contribution is 9.11. The third-order valence-electron chi connectivity index (χ3n) is 4.58. The Morgan fingerprint density at radius 3 is 2.21 bits per heavy atom. The lowest BCUT2D eigenvalue weighted by atomic mass is 9.96. The fraction of sp³-hybridized carbons (Fsp3) is 0.348. The first kappa shape index (κ1) is 28.8. The highest BCUT2D eigenvalue weighted by Crippen LogP contribution is 2.38. The number of rotatable bonds is 8. The topological polar surface area (TPSA) is 29.1 Å². The predicted molar refractivity (Wildman–Crippen MR) is 131 cm³/mol. The molecule has 0 aliphatic heterocycles. The van der Waals surface area contributed by atoms with Crippen molar-refractivity contribution in [2.75, 3.05) is 11.5 Å². The molecule has 2 atom stereocenters. The van der Waals surface area contributed by atoms with E-state index in [0.717, 1.165) is 6.08 Å². The summed E-state index contributed by atoms with van der Waals surface area (Å²) in [6.07, 6.45) is -6.38. The normalized spacial score (nSPS) is 14.3. The second-order valence-electron chi connectivity index (χ2n) is 7.66. The van der Waals surface area contributed by atoms with E-state index in [1.54, 1.807) is 26.0 Å². The molecule has 2 aromatic rings. The van der Waals surface area contributed by atoms with E-state index >= 15 is 0 Å². The van der Waals surface area contributed by atoms with Crippen molar-refractivity contribution in [1.29, 1.82) is 0 Å². The van der Waals surface area contributed by atoms with Gasteiger partial charge >= 0.3 is 12.4 Å². The molecule has 1 N–H and O–H groups in total. The molecule has 0 aliphatic carbocycles. The molecule has 2 aromatic carbocycles. The first-order chi connectivity index (χ1) is 15.7. The van der Waals surface area contributed by atoms with Crippen molar-refractivity contribution in [3.8, 4) is 0 Å². The summed E-state index contributed by atoms with van der Waals surface area (Å²) in [5.74, 6) is -3.20. The molecule has 186 valence electrons. The average molecular weight is 633 g/mol. The van der Waals surface area contributed by atoms with Gasteiger partial charge in [-0.15, -0.1) is 0 Å². The van der Waals surface area contributed by atoms with Crippen LogP contribution in [-0.2, 0) is 0 Å². The molecule has 34 heavy (non-hydrogen) atoms. The Morgan fingerprint density at radius 1 is 1.06 bits per heavy atom. The molecule has 0 saturated heterocycles. The number of benzene rings is 2. The van der Waals surface area contributed by atoms with E-state index < -0.39 is 36.0 Å². The second kappa shape index (κ2) is 12.0. The minimum atomic E-state index is -4.51. The van der Waals surface area contributed by atoms with Gasteiger partial charge in [0.2, 0.25) is 0 Å². The molecule has 2 rings (SSSR count). The van der Waals surface area contributed by atoms with Crippen molar-refractivity contribution in [2.45, 2.75) is 38.2 Å². The van der Waals surface area contributed by atoms with E-state index in [1.165, 1.54) is 30.3 Å². The van der Waals surface area contributed by atoms with Gasteiger partial charge in [-0.1, -0.05) is 56.1 Å². The Bertz CT molecular complexity index is 1020. The number of alkyl halides is 6. The smallest absolute Gasteiger partial charge is 0.349 e. The zero-order valence-electron chi connectivity index (χ0n) is 18.0. The number of hydrogen-bond donors (Lipinski definition) is 1. The van der Waals surface area contributed by atoms with E-state index in [-0.39, 0.29) is 11.3 Å². The van der Waals surface area contributed by atoms with Gasteiger partial charge in [0.15, 0.2) is 0 Å². The van der Waals surface area contributed by atoms with Crippen LogP contribution in [0.2, 0.25) is 0 Å². The van der Waals surface area contributed by atoms with Gasteiger partial charge in [0.1, 0.15) is 0 Å². The molecule has 1 unspecified atom stereocenters. The standard InChI is InChI=1S/C23H21Br2F6NOS/c1-13-7-15(3-5-19(13)21(33)32-14(2)11-34-12-22(26,27)28)4-6-20(23(29,30)31)16-8-17(24)10-18(25)9-16/h3-10,14,20H,11-12H2,1-2H3,(H,32,33)/b6-4+/t14-,20?/m1/s1. The van der Waals surface area contributed by atoms with Crippen LogP contribution < -0.4 is 5.32 Å². The van der Waals surface area contributed by atoms with E-state index in [2.05, 4.69) is 37.2 Å². The molecule has 0 radical (unpaired) electrons. The van der Waals surface area contributed by atoms with Gasteiger partial charge in [0, 0.05) is 26.3 Å². The third kappa shape index (κ3) is 9.30. The zero-order chi connectivity index (χ0) is 25.7. The molecule has 0 saturated carbocycles. The maximum atomic E-state index is 13.7. The molecule has 11 heteroatoms. The number of hydrogen-bond acceptors (Lipinski definition) is 2. The number of carbonyl (C=O) groups excluding carboxylic acids is 1. The van der Waals surface area contributed by atoms with Crippen molar-refractivity contribution < 1.29 is 31.1 Å². The van der Waals surface area contributed by atoms with Crippen LogP contribution in [0.4, 0.5) is 26.3 Å². The first-order valence-corrected chi connectivity index (χ1v) is 12.7. The molecule has 0 aromatic heterocycles. The van der Waals surface area contributed by atoms with E-state index in [0.29, 0.717) is 37.4 Å². The molecule has 0 heterocycles. The number of nitrogens with one attached hydrogen (secondary N) is 1. The van der Waals surface area contributed by atoms with Gasteiger partial charge in [-0.3, -0.25) is 4.79 Å². The average Bonchev–Trinajstić information content (AvgIpc) is 2.65. The Kier molecular flexibility index (Phi) is 10.1. The summed E-state index contributed by atoms with van der Waals surface area (Å²) in [5.41, 5.74) is 1.37. The SMILES string of the molecule is Cc1cc(/C=C/C(c2cc(Br)cc(Br)c2)C(F)(F)F)ccc1C(=O)N[C@H](C)CSCC(F)(F)F. The third-order valence-corrected chi connectivity index (χ3v) is 6.77. The number of aryl methyl sites for hydroxylation is 1. The molecule has 0 bridgehead atoms. The summed E-state index contributed by atoms with van der Waals surface area (Å²) in [6, 6.07) is 8.54. The predicted octanol–water partition coefficient (Wildman–Crippen LogP) is 8.29. The second-order valence-corrected chi connectivity index (χ2v) is 10.5. The van der Waals surface area contributed by atoms with Gasteiger partial charge < -0.3 is 5.32 Å². The molecule has 0 aliphatic rings. The van der Waals surface area contributed by atoms with Crippen LogP contribution in [0.1, 0.15) is 39.9 Å². The van der Waals surface area contributed by atoms with Crippen LogP contribution >= 0.6 is 43.6 Å². The Hall–Kier alpha value is -1.46. The first-order valence-electron chi connectivity index (χ1n) is 9.92. The summed E-state index contributed by atoms with van der Waals surface area (Å²) < 4.78 is 78.9. The molecule has 2 nitrogen and oxygen atoms in total. The molecule has 1 amide bonds. The molecular formula is C23H21Br2F6NOS. The number of thioether (sulfide) groups is 1. The molecular weight excluding hydrogens is 612 g/mol. The largest absolute Gasteiger partial charge is 0.399 e. The van der Waals surface area contributed by atoms with Crippen molar-refractivity contribution in [2.24, 2.45) is 0 Å². The lowest BCUT2D eigenvalue weighted by Crippen LogP contribution is -2.35.